The molecule has 2 aliphatic rings. The van der Waals surface area contributed by atoms with Gasteiger partial charge in [0, 0.05) is 32.7 Å². The van der Waals surface area contributed by atoms with Gasteiger partial charge in [-0.05, 0) is 44.2 Å². The number of anilines is 1. The van der Waals surface area contributed by atoms with Gasteiger partial charge in [0.1, 0.15) is 0 Å². The van der Waals surface area contributed by atoms with Crippen molar-refractivity contribution in [1.29, 1.82) is 0 Å². The summed E-state index contributed by atoms with van der Waals surface area (Å²) in [6, 6.07) is 5.57. The molecule has 1 saturated heterocycles. The fourth-order valence-electron chi connectivity index (χ4n) is 3.50. The van der Waals surface area contributed by atoms with E-state index in [-0.39, 0.29) is 6.03 Å². The maximum atomic E-state index is 12.3. The second-order valence-electron chi connectivity index (χ2n) is 6.63. The van der Waals surface area contributed by atoms with Crippen LogP contribution in [0.15, 0.2) is 29.8 Å². The average Bonchev–Trinajstić information content (AvgIpc) is 2.63. The van der Waals surface area contributed by atoms with Crippen molar-refractivity contribution < 1.29 is 4.79 Å². The van der Waals surface area contributed by atoms with Crippen LogP contribution in [0.2, 0.25) is 10.0 Å². The third-order valence-corrected chi connectivity index (χ3v) is 5.54. The number of piperazine rings is 1. The van der Waals surface area contributed by atoms with Gasteiger partial charge in [0.15, 0.2) is 0 Å². The Morgan fingerprint density at radius 3 is 2.44 bits per heavy atom. The van der Waals surface area contributed by atoms with E-state index in [1.165, 1.54) is 31.3 Å². The van der Waals surface area contributed by atoms with Crippen molar-refractivity contribution in [3.8, 4) is 0 Å². The fourth-order valence-corrected chi connectivity index (χ4v) is 4.13. The van der Waals surface area contributed by atoms with E-state index in [9.17, 15) is 4.79 Å². The first-order valence-corrected chi connectivity index (χ1v) is 9.80. The van der Waals surface area contributed by atoms with Crippen LogP contribution in [0, 0.1) is 0 Å². The zero-order valence-corrected chi connectivity index (χ0v) is 16.0. The largest absolute Gasteiger partial charge is 0.366 e. The first-order chi connectivity index (χ1) is 12.1. The van der Waals surface area contributed by atoms with Gasteiger partial charge >= 0.3 is 6.03 Å². The minimum Gasteiger partial charge on any atom is -0.366 e. The number of rotatable bonds is 4. The third-order valence-electron chi connectivity index (χ3n) is 4.93. The van der Waals surface area contributed by atoms with E-state index in [1.54, 1.807) is 0 Å². The van der Waals surface area contributed by atoms with Gasteiger partial charge in [0.05, 0.1) is 15.7 Å². The van der Waals surface area contributed by atoms with Gasteiger partial charge in [-0.3, -0.25) is 0 Å². The standard InChI is InChI=1S/C19H25Cl2N3O/c20-16-7-4-8-17(21)18(16)23-11-13-24(14-12-23)19(25)22-10-9-15-5-2-1-3-6-15/h4-5,7-8H,1-3,6,9-14H2,(H,22,25). The lowest BCUT2D eigenvalue weighted by Gasteiger charge is -2.36. The summed E-state index contributed by atoms with van der Waals surface area (Å²) >= 11 is 12.6. The molecule has 0 saturated carbocycles. The van der Waals surface area contributed by atoms with Gasteiger partial charge in [-0.15, -0.1) is 0 Å². The van der Waals surface area contributed by atoms with Gasteiger partial charge in [-0.2, -0.15) is 0 Å². The molecular formula is C19H25Cl2N3O. The van der Waals surface area contributed by atoms with Gasteiger partial charge in [-0.25, -0.2) is 4.79 Å². The van der Waals surface area contributed by atoms with Crippen LogP contribution < -0.4 is 10.2 Å². The average molecular weight is 382 g/mol. The predicted octanol–water partition coefficient (Wildman–Crippen LogP) is 4.72. The molecule has 3 rings (SSSR count). The molecule has 0 unspecified atom stereocenters. The van der Waals surface area contributed by atoms with Crippen LogP contribution in [0.25, 0.3) is 0 Å². The van der Waals surface area contributed by atoms with Crippen molar-refractivity contribution in [2.75, 3.05) is 37.6 Å². The zero-order chi connectivity index (χ0) is 17.6. The summed E-state index contributed by atoms with van der Waals surface area (Å²) in [5.41, 5.74) is 2.36. The molecular weight excluding hydrogens is 357 g/mol. The molecule has 1 aliphatic heterocycles. The van der Waals surface area contributed by atoms with E-state index >= 15 is 0 Å². The lowest BCUT2D eigenvalue weighted by molar-refractivity contribution is 0.194. The number of para-hydroxylation sites is 1. The van der Waals surface area contributed by atoms with Gasteiger partial charge in [0.25, 0.3) is 0 Å². The van der Waals surface area contributed by atoms with Gasteiger partial charge in [-0.1, -0.05) is 40.9 Å². The smallest absolute Gasteiger partial charge is 0.317 e. The number of hydrogen-bond donors (Lipinski definition) is 1. The van der Waals surface area contributed by atoms with Crippen LogP contribution in [-0.4, -0.2) is 43.7 Å². The molecule has 2 amide bonds. The maximum Gasteiger partial charge on any atom is 0.317 e. The first-order valence-electron chi connectivity index (χ1n) is 9.05. The summed E-state index contributed by atoms with van der Waals surface area (Å²) < 4.78 is 0. The Hall–Kier alpha value is -1.39. The Labute approximate surface area is 159 Å². The second kappa shape index (κ2) is 8.81. The van der Waals surface area contributed by atoms with Crippen molar-refractivity contribution in [1.82, 2.24) is 10.2 Å². The van der Waals surface area contributed by atoms with Crippen molar-refractivity contribution >= 4 is 34.9 Å². The number of benzene rings is 1. The van der Waals surface area contributed by atoms with E-state index in [0.29, 0.717) is 23.1 Å². The topological polar surface area (TPSA) is 35.6 Å². The van der Waals surface area contributed by atoms with Crippen LogP contribution in [0.5, 0.6) is 0 Å². The van der Waals surface area contributed by atoms with Crippen molar-refractivity contribution in [2.45, 2.75) is 32.1 Å². The molecule has 0 radical (unpaired) electrons. The summed E-state index contributed by atoms with van der Waals surface area (Å²) in [5.74, 6) is 0. The summed E-state index contributed by atoms with van der Waals surface area (Å²) in [5, 5.41) is 4.37. The summed E-state index contributed by atoms with van der Waals surface area (Å²) in [6.07, 6.45) is 8.27. The Bertz CT molecular complexity index is 619. The minimum absolute atomic E-state index is 0.0290. The second-order valence-corrected chi connectivity index (χ2v) is 7.45. The van der Waals surface area contributed by atoms with E-state index in [2.05, 4.69) is 16.3 Å². The Morgan fingerprint density at radius 1 is 1.08 bits per heavy atom. The van der Waals surface area contributed by atoms with Crippen LogP contribution in [0.1, 0.15) is 32.1 Å². The number of nitrogens with zero attached hydrogens (tertiary/aromatic N) is 2. The molecule has 0 atom stereocenters. The third kappa shape index (κ3) is 4.83. The first kappa shape index (κ1) is 18.4. The van der Waals surface area contributed by atoms with Crippen LogP contribution in [0.3, 0.4) is 0 Å². The monoisotopic (exact) mass is 381 g/mol. The number of halogens is 2. The van der Waals surface area contributed by atoms with Crippen molar-refractivity contribution in [2.24, 2.45) is 0 Å². The molecule has 4 nitrogen and oxygen atoms in total. The number of allylic oxidation sites excluding steroid dienone is 1. The number of carbonyl (C=O) groups excluding carboxylic acids is 1. The highest BCUT2D eigenvalue weighted by Gasteiger charge is 2.23. The summed E-state index contributed by atoms with van der Waals surface area (Å²) in [7, 11) is 0. The molecule has 1 aromatic rings. The van der Waals surface area contributed by atoms with E-state index in [1.807, 2.05) is 23.1 Å². The Kier molecular flexibility index (Phi) is 6.49. The maximum absolute atomic E-state index is 12.3. The highest BCUT2D eigenvalue weighted by Crippen LogP contribution is 2.33. The van der Waals surface area contributed by atoms with Crippen LogP contribution >= 0.6 is 23.2 Å². The molecule has 1 N–H and O–H groups in total. The lowest BCUT2D eigenvalue weighted by atomic mass is 9.97. The molecule has 0 aromatic heterocycles. The van der Waals surface area contributed by atoms with Crippen molar-refractivity contribution in [3.05, 3.63) is 39.9 Å². The minimum atomic E-state index is 0.0290. The highest BCUT2D eigenvalue weighted by molar-refractivity contribution is 6.39. The molecule has 136 valence electrons. The number of hydrogen-bond acceptors (Lipinski definition) is 2. The molecule has 0 bridgehead atoms. The highest BCUT2D eigenvalue weighted by atomic mass is 35.5. The molecule has 6 heteroatoms. The van der Waals surface area contributed by atoms with Crippen molar-refractivity contribution in [3.63, 3.8) is 0 Å². The molecule has 1 aromatic carbocycles. The lowest BCUT2D eigenvalue weighted by Crippen LogP contribution is -2.52. The molecule has 1 aliphatic carbocycles. The molecule has 25 heavy (non-hydrogen) atoms. The Morgan fingerprint density at radius 2 is 1.80 bits per heavy atom. The van der Waals surface area contributed by atoms with E-state index in [0.717, 1.165) is 31.7 Å². The number of carbonyl (C=O) groups is 1. The molecule has 0 spiro atoms. The summed E-state index contributed by atoms with van der Waals surface area (Å²) in [4.78, 5) is 16.4. The van der Waals surface area contributed by atoms with Crippen LogP contribution in [-0.2, 0) is 0 Å². The van der Waals surface area contributed by atoms with E-state index in [4.69, 9.17) is 23.2 Å². The van der Waals surface area contributed by atoms with Gasteiger partial charge in [0.2, 0.25) is 0 Å². The Balaban J connectivity index is 1.45. The SMILES string of the molecule is O=C(NCCC1=CCCCC1)N1CCN(c2c(Cl)cccc2Cl)CC1. The quantitative estimate of drug-likeness (QED) is 0.766. The predicted molar refractivity (Wildman–Crippen MR) is 105 cm³/mol. The number of nitrogens with one attached hydrogen (secondary N) is 1. The molecule has 1 fully saturated rings. The fraction of sp³-hybridized carbons (Fsp3) is 0.526. The normalized spacial score (nSPS) is 18.1. The zero-order valence-electron chi connectivity index (χ0n) is 14.4. The van der Waals surface area contributed by atoms with Crippen LogP contribution in [0.4, 0.5) is 10.5 Å². The number of amides is 2. The van der Waals surface area contributed by atoms with E-state index < -0.39 is 0 Å². The van der Waals surface area contributed by atoms with Gasteiger partial charge < -0.3 is 15.1 Å². The number of urea groups is 1. The summed E-state index contributed by atoms with van der Waals surface area (Å²) in [6.45, 7) is 3.55. The molecule has 1 heterocycles.